The van der Waals surface area contributed by atoms with Crippen LogP contribution in [0.25, 0.3) is 0 Å². The lowest BCUT2D eigenvalue weighted by Crippen LogP contribution is -1.96. The monoisotopic (exact) mass is 274 g/mol. The summed E-state index contributed by atoms with van der Waals surface area (Å²) >= 11 is 0. The Balaban J connectivity index is 0.000000360. The number of benzene rings is 1. The number of hydrogen-bond donors (Lipinski definition) is 1. The molecular formula is C13H22O4S. The number of rotatable bonds is 5. The third-order valence-electron chi connectivity index (χ3n) is 2.17. The molecule has 0 fully saturated rings. The van der Waals surface area contributed by atoms with Gasteiger partial charge in [0.05, 0.1) is 4.90 Å². The van der Waals surface area contributed by atoms with Gasteiger partial charge in [0.15, 0.2) is 0 Å². The SMILES string of the molecule is CCCCOCC.Cc1ccc(S(=O)(=O)O)cc1. The largest absolute Gasteiger partial charge is 0.382 e. The van der Waals surface area contributed by atoms with Gasteiger partial charge in [0, 0.05) is 13.2 Å². The first-order valence-electron chi connectivity index (χ1n) is 6.03. The van der Waals surface area contributed by atoms with Crippen LogP contribution >= 0.6 is 0 Å². The molecule has 0 radical (unpaired) electrons. The lowest BCUT2D eigenvalue weighted by molar-refractivity contribution is 0.144. The fourth-order valence-corrected chi connectivity index (χ4v) is 1.58. The van der Waals surface area contributed by atoms with Gasteiger partial charge in [0.25, 0.3) is 10.1 Å². The summed E-state index contributed by atoms with van der Waals surface area (Å²) in [4.78, 5) is -0.0666. The van der Waals surface area contributed by atoms with Gasteiger partial charge in [-0.15, -0.1) is 0 Å². The lowest BCUT2D eigenvalue weighted by Gasteiger charge is -1.95. The van der Waals surface area contributed by atoms with E-state index in [0.717, 1.165) is 18.8 Å². The molecule has 0 unspecified atom stereocenters. The van der Waals surface area contributed by atoms with Crippen molar-refractivity contribution < 1.29 is 17.7 Å². The van der Waals surface area contributed by atoms with E-state index >= 15 is 0 Å². The van der Waals surface area contributed by atoms with E-state index in [1.165, 1.54) is 25.0 Å². The molecule has 4 nitrogen and oxygen atoms in total. The van der Waals surface area contributed by atoms with Gasteiger partial charge in [0.2, 0.25) is 0 Å². The van der Waals surface area contributed by atoms with E-state index in [4.69, 9.17) is 9.29 Å². The van der Waals surface area contributed by atoms with Gasteiger partial charge in [-0.25, -0.2) is 0 Å². The Labute approximate surface area is 110 Å². The maximum atomic E-state index is 10.5. The highest BCUT2D eigenvalue weighted by atomic mass is 32.2. The molecule has 0 aliphatic carbocycles. The Hall–Kier alpha value is -0.910. The Kier molecular flexibility index (Phi) is 8.62. The van der Waals surface area contributed by atoms with E-state index < -0.39 is 10.1 Å². The lowest BCUT2D eigenvalue weighted by atomic mass is 10.2. The third-order valence-corrected chi connectivity index (χ3v) is 3.03. The molecule has 0 atom stereocenters. The van der Waals surface area contributed by atoms with Crippen molar-refractivity contribution in [1.82, 2.24) is 0 Å². The van der Waals surface area contributed by atoms with Crippen molar-refractivity contribution in [3.05, 3.63) is 29.8 Å². The Bertz CT molecular complexity index is 405. The minimum Gasteiger partial charge on any atom is -0.382 e. The second kappa shape index (κ2) is 9.08. The van der Waals surface area contributed by atoms with Gasteiger partial charge in [-0.2, -0.15) is 8.42 Å². The highest BCUT2D eigenvalue weighted by Crippen LogP contribution is 2.08. The second-order valence-electron chi connectivity index (χ2n) is 3.84. The fourth-order valence-electron chi connectivity index (χ4n) is 1.10. The van der Waals surface area contributed by atoms with E-state index in [1.54, 1.807) is 12.1 Å². The van der Waals surface area contributed by atoms with Crippen LogP contribution in [0.5, 0.6) is 0 Å². The molecule has 1 N–H and O–H groups in total. The smallest absolute Gasteiger partial charge is 0.294 e. The molecule has 0 aliphatic rings. The molecule has 0 spiro atoms. The maximum absolute atomic E-state index is 10.5. The van der Waals surface area contributed by atoms with Gasteiger partial charge in [-0.05, 0) is 32.4 Å². The molecule has 0 aromatic heterocycles. The molecule has 0 saturated carbocycles. The number of unbranched alkanes of at least 4 members (excludes halogenated alkanes) is 1. The topological polar surface area (TPSA) is 63.6 Å². The molecular weight excluding hydrogens is 252 g/mol. The van der Waals surface area contributed by atoms with Crippen molar-refractivity contribution in [1.29, 1.82) is 0 Å². The molecule has 18 heavy (non-hydrogen) atoms. The van der Waals surface area contributed by atoms with Crippen LogP contribution < -0.4 is 0 Å². The van der Waals surface area contributed by atoms with Crippen LogP contribution in [-0.4, -0.2) is 26.2 Å². The normalized spacial score (nSPS) is 10.7. The highest BCUT2D eigenvalue weighted by Gasteiger charge is 2.06. The van der Waals surface area contributed by atoms with Crippen LogP contribution in [0.15, 0.2) is 29.2 Å². The molecule has 5 heteroatoms. The summed E-state index contributed by atoms with van der Waals surface area (Å²) in [5, 5.41) is 0. The first-order valence-corrected chi connectivity index (χ1v) is 7.47. The second-order valence-corrected chi connectivity index (χ2v) is 5.26. The van der Waals surface area contributed by atoms with Crippen molar-refractivity contribution >= 4 is 10.1 Å². The maximum Gasteiger partial charge on any atom is 0.294 e. The predicted molar refractivity (Wildman–Crippen MR) is 72.4 cm³/mol. The van der Waals surface area contributed by atoms with E-state index in [-0.39, 0.29) is 4.90 Å². The molecule has 1 rings (SSSR count). The minimum atomic E-state index is -4.02. The van der Waals surface area contributed by atoms with Crippen molar-refractivity contribution in [2.75, 3.05) is 13.2 Å². The quantitative estimate of drug-likeness (QED) is 0.662. The van der Waals surface area contributed by atoms with E-state index in [9.17, 15) is 8.42 Å². The Morgan fingerprint density at radius 1 is 1.17 bits per heavy atom. The summed E-state index contributed by atoms with van der Waals surface area (Å²) in [7, 11) is -4.02. The van der Waals surface area contributed by atoms with E-state index in [0.29, 0.717) is 0 Å². The van der Waals surface area contributed by atoms with Crippen molar-refractivity contribution in [2.45, 2.75) is 38.5 Å². The summed E-state index contributed by atoms with van der Waals surface area (Å²) in [5.41, 5.74) is 0.956. The van der Waals surface area contributed by atoms with Gasteiger partial charge in [-0.1, -0.05) is 31.0 Å². The molecule has 0 bridgehead atoms. The average Bonchev–Trinajstić information content (AvgIpc) is 2.30. The van der Waals surface area contributed by atoms with Gasteiger partial charge in [-0.3, -0.25) is 4.55 Å². The zero-order valence-corrected chi connectivity index (χ0v) is 12.0. The highest BCUT2D eigenvalue weighted by molar-refractivity contribution is 7.85. The van der Waals surface area contributed by atoms with Crippen LogP contribution in [-0.2, 0) is 14.9 Å². The Morgan fingerprint density at radius 3 is 2.11 bits per heavy atom. The number of hydrogen-bond acceptors (Lipinski definition) is 3. The van der Waals surface area contributed by atoms with Crippen LogP contribution in [0.4, 0.5) is 0 Å². The van der Waals surface area contributed by atoms with Crippen molar-refractivity contribution in [3.63, 3.8) is 0 Å². The summed E-state index contributed by atoms with van der Waals surface area (Å²) in [6, 6.07) is 5.99. The molecule has 0 aliphatic heterocycles. The molecule has 104 valence electrons. The van der Waals surface area contributed by atoms with Gasteiger partial charge in [0.1, 0.15) is 0 Å². The Morgan fingerprint density at radius 2 is 1.72 bits per heavy atom. The van der Waals surface area contributed by atoms with Crippen LogP contribution in [0, 0.1) is 6.92 Å². The van der Waals surface area contributed by atoms with Crippen molar-refractivity contribution in [2.24, 2.45) is 0 Å². The van der Waals surface area contributed by atoms with Gasteiger partial charge < -0.3 is 4.74 Å². The van der Waals surface area contributed by atoms with Crippen LogP contribution in [0.3, 0.4) is 0 Å². The molecule has 0 heterocycles. The molecule has 1 aromatic carbocycles. The number of ether oxygens (including phenoxy) is 1. The first kappa shape index (κ1) is 17.1. The predicted octanol–water partition coefficient (Wildman–Crippen LogP) is 3.06. The fraction of sp³-hybridized carbons (Fsp3) is 0.538. The minimum absolute atomic E-state index is 0.0666. The van der Waals surface area contributed by atoms with Crippen molar-refractivity contribution in [3.8, 4) is 0 Å². The van der Waals surface area contributed by atoms with Gasteiger partial charge >= 0.3 is 0 Å². The summed E-state index contributed by atoms with van der Waals surface area (Å²) < 4.78 is 34.6. The molecule has 0 amide bonds. The van der Waals surface area contributed by atoms with Crippen LogP contribution in [0.2, 0.25) is 0 Å². The first-order chi connectivity index (χ1) is 8.41. The zero-order chi connectivity index (χ0) is 14.0. The van der Waals surface area contributed by atoms with Crippen LogP contribution in [0.1, 0.15) is 32.3 Å². The van der Waals surface area contributed by atoms with E-state index in [1.807, 2.05) is 13.8 Å². The summed E-state index contributed by atoms with van der Waals surface area (Å²) in [6.07, 6.45) is 2.44. The zero-order valence-electron chi connectivity index (χ0n) is 11.2. The standard InChI is InChI=1S/C7H8O3S.C6H14O/c1-6-2-4-7(5-3-6)11(8,9)10;1-3-5-6-7-4-2/h2-5H,1H3,(H,8,9,10);3-6H2,1-2H3. The molecule has 0 saturated heterocycles. The average molecular weight is 274 g/mol. The number of aryl methyl sites for hydroxylation is 1. The van der Waals surface area contributed by atoms with E-state index in [2.05, 4.69) is 6.92 Å². The summed E-state index contributed by atoms with van der Waals surface area (Å²) in [6.45, 7) is 7.83. The molecule has 1 aromatic rings. The summed E-state index contributed by atoms with van der Waals surface area (Å²) in [5.74, 6) is 0. The third kappa shape index (κ3) is 8.22.